The number of hydrogen-bond donors (Lipinski definition) is 0. The molecular formula is C41H25N3O. The number of hydrogen-bond acceptors (Lipinski definition) is 4. The molecule has 210 valence electrons. The molecule has 0 unspecified atom stereocenters. The van der Waals surface area contributed by atoms with Crippen molar-refractivity contribution in [1.29, 1.82) is 0 Å². The van der Waals surface area contributed by atoms with Crippen molar-refractivity contribution in [3.05, 3.63) is 152 Å². The molecular weight excluding hydrogens is 550 g/mol. The van der Waals surface area contributed by atoms with Gasteiger partial charge in [0.1, 0.15) is 11.2 Å². The van der Waals surface area contributed by atoms with Crippen molar-refractivity contribution in [3.8, 4) is 45.3 Å². The van der Waals surface area contributed by atoms with Gasteiger partial charge in [0, 0.05) is 27.5 Å². The number of furan rings is 1. The van der Waals surface area contributed by atoms with Crippen LogP contribution in [0.15, 0.2) is 156 Å². The molecule has 4 heteroatoms. The van der Waals surface area contributed by atoms with Crippen LogP contribution in [0.2, 0.25) is 0 Å². The zero-order valence-corrected chi connectivity index (χ0v) is 24.2. The molecule has 0 fully saturated rings. The summed E-state index contributed by atoms with van der Waals surface area (Å²) in [5, 5.41) is 6.80. The molecule has 0 saturated heterocycles. The molecule has 0 atom stereocenters. The molecule has 0 spiro atoms. The first-order chi connectivity index (χ1) is 22.3. The molecule has 0 aliphatic carbocycles. The van der Waals surface area contributed by atoms with Crippen LogP contribution in [0.3, 0.4) is 0 Å². The summed E-state index contributed by atoms with van der Waals surface area (Å²) in [5.74, 6) is 1.86. The highest BCUT2D eigenvalue weighted by molar-refractivity contribution is 6.13. The summed E-state index contributed by atoms with van der Waals surface area (Å²) in [7, 11) is 0. The maximum absolute atomic E-state index is 6.43. The van der Waals surface area contributed by atoms with Gasteiger partial charge in [-0.1, -0.05) is 121 Å². The topological polar surface area (TPSA) is 51.8 Å². The van der Waals surface area contributed by atoms with E-state index in [0.717, 1.165) is 60.5 Å². The van der Waals surface area contributed by atoms with Gasteiger partial charge in [0.05, 0.1) is 0 Å². The van der Waals surface area contributed by atoms with Gasteiger partial charge in [0.2, 0.25) is 0 Å². The summed E-state index contributed by atoms with van der Waals surface area (Å²) in [5.41, 5.74) is 6.71. The average Bonchev–Trinajstić information content (AvgIpc) is 3.49. The second-order valence-electron chi connectivity index (χ2n) is 11.3. The van der Waals surface area contributed by atoms with Crippen molar-refractivity contribution < 1.29 is 4.42 Å². The van der Waals surface area contributed by atoms with Gasteiger partial charge in [0.25, 0.3) is 0 Å². The van der Waals surface area contributed by atoms with Crippen molar-refractivity contribution in [2.75, 3.05) is 0 Å². The van der Waals surface area contributed by atoms with E-state index in [9.17, 15) is 0 Å². The number of nitrogens with zero attached hydrogens (tertiary/aromatic N) is 3. The van der Waals surface area contributed by atoms with Gasteiger partial charge in [-0.25, -0.2) is 15.0 Å². The molecule has 7 aromatic carbocycles. The van der Waals surface area contributed by atoms with E-state index in [4.69, 9.17) is 19.4 Å². The van der Waals surface area contributed by atoms with E-state index < -0.39 is 0 Å². The van der Waals surface area contributed by atoms with Crippen molar-refractivity contribution in [2.24, 2.45) is 0 Å². The fourth-order valence-electron chi connectivity index (χ4n) is 6.24. The predicted octanol–water partition coefficient (Wildman–Crippen LogP) is 10.7. The fourth-order valence-corrected chi connectivity index (χ4v) is 6.24. The van der Waals surface area contributed by atoms with Gasteiger partial charge >= 0.3 is 0 Å². The van der Waals surface area contributed by atoms with E-state index in [0.29, 0.717) is 17.5 Å². The minimum atomic E-state index is 0.599. The Morgan fingerprint density at radius 1 is 0.356 bits per heavy atom. The highest BCUT2D eigenvalue weighted by Gasteiger charge is 2.17. The maximum Gasteiger partial charge on any atom is 0.164 e. The van der Waals surface area contributed by atoms with Crippen molar-refractivity contribution >= 4 is 43.5 Å². The summed E-state index contributed by atoms with van der Waals surface area (Å²) in [6.07, 6.45) is 0. The van der Waals surface area contributed by atoms with Crippen molar-refractivity contribution in [1.82, 2.24) is 15.0 Å². The van der Waals surface area contributed by atoms with Gasteiger partial charge in [-0.2, -0.15) is 0 Å². The van der Waals surface area contributed by atoms with E-state index in [2.05, 4.69) is 127 Å². The Hall–Kier alpha value is -6.13. The van der Waals surface area contributed by atoms with Gasteiger partial charge in [-0.15, -0.1) is 0 Å². The Morgan fingerprint density at radius 2 is 0.889 bits per heavy atom. The SMILES string of the molecule is c1ccc(-c2cccc3oc4cc(-c5nc(-c6ccc7ccccc7c6)nc(-c6ccc7ccccc7c6)n5)ccc4c23)cc1. The van der Waals surface area contributed by atoms with Gasteiger partial charge < -0.3 is 4.42 Å². The van der Waals surface area contributed by atoms with Crippen molar-refractivity contribution in [3.63, 3.8) is 0 Å². The first kappa shape index (κ1) is 25.4. The van der Waals surface area contributed by atoms with Crippen LogP contribution in [0, 0.1) is 0 Å². The standard InChI is InChI=1S/C41H25N3O/c1-2-11-28(12-3-1)34-15-8-16-36-38(34)35-22-21-33(25-37(35)45-36)41-43-39(31-19-17-26-9-4-6-13-29(26)23-31)42-40(44-41)32-20-18-27-10-5-7-14-30(27)24-32/h1-25H. The first-order valence-electron chi connectivity index (χ1n) is 15.0. The van der Waals surface area contributed by atoms with E-state index in [1.54, 1.807) is 0 Å². The maximum atomic E-state index is 6.43. The quantitative estimate of drug-likeness (QED) is 0.209. The van der Waals surface area contributed by atoms with Crippen LogP contribution in [0.1, 0.15) is 0 Å². The molecule has 9 rings (SSSR count). The second kappa shape index (κ2) is 10.2. The van der Waals surface area contributed by atoms with E-state index in [1.807, 2.05) is 24.3 Å². The van der Waals surface area contributed by atoms with Crippen LogP contribution in [-0.4, -0.2) is 15.0 Å². The van der Waals surface area contributed by atoms with Crippen LogP contribution in [0.5, 0.6) is 0 Å². The molecule has 2 aromatic heterocycles. The number of aromatic nitrogens is 3. The lowest BCUT2D eigenvalue weighted by molar-refractivity contribution is 0.669. The zero-order chi connectivity index (χ0) is 29.7. The Morgan fingerprint density at radius 3 is 1.51 bits per heavy atom. The smallest absolute Gasteiger partial charge is 0.164 e. The first-order valence-corrected chi connectivity index (χ1v) is 15.0. The summed E-state index contributed by atoms with van der Waals surface area (Å²) in [4.78, 5) is 15.1. The van der Waals surface area contributed by atoms with Gasteiger partial charge in [-0.3, -0.25) is 0 Å². The molecule has 0 bridgehead atoms. The van der Waals surface area contributed by atoms with E-state index in [-0.39, 0.29) is 0 Å². The molecule has 0 N–H and O–H groups in total. The summed E-state index contributed by atoms with van der Waals surface area (Å²) in [6.45, 7) is 0. The van der Waals surface area contributed by atoms with Crippen LogP contribution in [-0.2, 0) is 0 Å². The molecule has 0 amide bonds. The lowest BCUT2D eigenvalue weighted by atomic mass is 9.99. The van der Waals surface area contributed by atoms with Crippen molar-refractivity contribution in [2.45, 2.75) is 0 Å². The van der Waals surface area contributed by atoms with Crippen LogP contribution in [0.25, 0.3) is 88.8 Å². The predicted molar refractivity (Wildman–Crippen MR) is 184 cm³/mol. The third kappa shape index (κ3) is 4.43. The fraction of sp³-hybridized carbons (Fsp3) is 0. The minimum absolute atomic E-state index is 0.599. The Balaban J connectivity index is 1.23. The van der Waals surface area contributed by atoms with Crippen LogP contribution < -0.4 is 0 Å². The number of rotatable bonds is 4. The Kier molecular flexibility index (Phi) is 5.78. The normalized spacial score (nSPS) is 11.6. The lowest BCUT2D eigenvalue weighted by Gasteiger charge is -2.10. The summed E-state index contributed by atoms with van der Waals surface area (Å²) in [6, 6.07) is 52.3. The zero-order valence-electron chi connectivity index (χ0n) is 24.2. The molecule has 0 aliphatic heterocycles. The molecule has 2 heterocycles. The van der Waals surface area contributed by atoms with Gasteiger partial charge in [0.15, 0.2) is 17.5 Å². The minimum Gasteiger partial charge on any atom is -0.456 e. The van der Waals surface area contributed by atoms with E-state index in [1.165, 1.54) is 10.8 Å². The van der Waals surface area contributed by atoms with Crippen LogP contribution >= 0.6 is 0 Å². The molecule has 4 nitrogen and oxygen atoms in total. The Labute approximate surface area is 259 Å². The number of fused-ring (bicyclic) bond motifs is 5. The molecule has 0 saturated carbocycles. The summed E-state index contributed by atoms with van der Waals surface area (Å²) >= 11 is 0. The van der Waals surface area contributed by atoms with Crippen LogP contribution in [0.4, 0.5) is 0 Å². The molecule has 0 aliphatic rings. The molecule has 45 heavy (non-hydrogen) atoms. The lowest BCUT2D eigenvalue weighted by Crippen LogP contribution is -2.00. The molecule has 0 radical (unpaired) electrons. The molecule has 9 aromatic rings. The summed E-state index contributed by atoms with van der Waals surface area (Å²) < 4.78 is 6.43. The monoisotopic (exact) mass is 575 g/mol. The largest absolute Gasteiger partial charge is 0.456 e. The number of benzene rings is 7. The highest BCUT2D eigenvalue weighted by Crippen LogP contribution is 2.38. The highest BCUT2D eigenvalue weighted by atomic mass is 16.3. The third-order valence-corrected chi connectivity index (χ3v) is 8.49. The second-order valence-corrected chi connectivity index (χ2v) is 11.3. The Bertz CT molecular complexity index is 2450. The van der Waals surface area contributed by atoms with Gasteiger partial charge in [-0.05, 0) is 63.0 Å². The average molecular weight is 576 g/mol. The van der Waals surface area contributed by atoms with E-state index >= 15 is 0 Å². The third-order valence-electron chi connectivity index (χ3n) is 8.49.